The summed E-state index contributed by atoms with van der Waals surface area (Å²) in [5.74, 6) is -0.953. The van der Waals surface area contributed by atoms with Crippen LogP contribution in [-0.2, 0) is 32.2 Å². The fourth-order valence-electron chi connectivity index (χ4n) is 3.25. The first kappa shape index (κ1) is 17.0. The molecule has 0 spiro atoms. The molecule has 1 N–H and O–H groups in total. The van der Waals surface area contributed by atoms with Crippen molar-refractivity contribution >= 4 is 21.7 Å². The number of amides is 1. The second kappa shape index (κ2) is 6.93. The van der Waals surface area contributed by atoms with Crippen molar-refractivity contribution in [1.29, 1.82) is 0 Å². The summed E-state index contributed by atoms with van der Waals surface area (Å²) in [4.78, 5) is 23.9. The molecule has 1 aromatic carbocycles. The maximum absolute atomic E-state index is 12.1. The topological polar surface area (TPSA) is 89.5 Å². The van der Waals surface area contributed by atoms with Crippen molar-refractivity contribution < 1.29 is 22.7 Å². The van der Waals surface area contributed by atoms with Gasteiger partial charge < -0.3 is 10.1 Å². The Balaban J connectivity index is 1.51. The molecule has 1 fully saturated rings. The van der Waals surface area contributed by atoms with E-state index in [2.05, 4.69) is 5.32 Å². The monoisotopic (exact) mass is 351 g/mol. The van der Waals surface area contributed by atoms with Crippen LogP contribution < -0.4 is 5.32 Å². The average molecular weight is 351 g/mol. The first-order valence-corrected chi connectivity index (χ1v) is 10.0. The van der Waals surface area contributed by atoms with Gasteiger partial charge in [0.2, 0.25) is 0 Å². The van der Waals surface area contributed by atoms with Crippen LogP contribution in [0.5, 0.6) is 0 Å². The SMILES string of the molecule is O=C(COC(=O)c1ccc2c(c1)CCCC2)N[C@H]1CCS(=O)(=O)C1. The van der Waals surface area contributed by atoms with E-state index in [0.29, 0.717) is 12.0 Å². The molecule has 1 saturated heterocycles. The molecule has 0 radical (unpaired) electrons. The summed E-state index contributed by atoms with van der Waals surface area (Å²) in [6.07, 6.45) is 4.71. The minimum atomic E-state index is -3.05. The molecule has 1 aliphatic heterocycles. The lowest BCUT2D eigenvalue weighted by molar-refractivity contribution is -0.124. The fraction of sp³-hybridized carbons (Fsp3) is 0.529. The predicted molar refractivity (Wildman–Crippen MR) is 88.6 cm³/mol. The van der Waals surface area contributed by atoms with Gasteiger partial charge in [0, 0.05) is 6.04 Å². The van der Waals surface area contributed by atoms with Crippen LogP contribution in [0.15, 0.2) is 18.2 Å². The molecular formula is C17H21NO5S. The summed E-state index contributed by atoms with van der Waals surface area (Å²) in [5, 5.41) is 2.60. The first-order chi connectivity index (χ1) is 11.4. The smallest absolute Gasteiger partial charge is 0.338 e. The average Bonchev–Trinajstić information content (AvgIpc) is 2.90. The molecule has 7 heteroatoms. The highest BCUT2D eigenvalue weighted by Crippen LogP contribution is 2.22. The summed E-state index contributed by atoms with van der Waals surface area (Å²) in [6.45, 7) is -0.396. The van der Waals surface area contributed by atoms with Crippen molar-refractivity contribution in [3.63, 3.8) is 0 Å². The van der Waals surface area contributed by atoms with Gasteiger partial charge in [0.25, 0.3) is 5.91 Å². The largest absolute Gasteiger partial charge is 0.452 e. The van der Waals surface area contributed by atoms with Crippen LogP contribution in [0.2, 0.25) is 0 Å². The van der Waals surface area contributed by atoms with E-state index in [9.17, 15) is 18.0 Å². The normalized spacial score (nSPS) is 21.8. The van der Waals surface area contributed by atoms with Crippen LogP contribution in [0, 0.1) is 0 Å². The van der Waals surface area contributed by atoms with E-state index in [1.54, 1.807) is 6.07 Å². The summed E-state index contributed by atoms with van der Waals surface area (Å²) >= 11 is 0. The number of carbonyl (C=O) groups is 2. The number of esters is 1. The van der Waals surface area contributed by atoms with Crippen molar-refractivity contribution in [2.75, 3.05) is 18.1 Å². The Hall–Kier alpha value is -1.89. The Labute approximate surface area is 141 Å². The van der Waals surface area contributed by atoms with Crippen LogP contribution >= 0.6 is 0 Å². The Bertz CT molecular complexity index is 756. The summed E-state index contributed by atoms with van der Waals surface area (Å²) in [7, 11) is -3.05. The van der Waals surface area contributed by atoms with Gasteiger partial charge in [-0.3, -0.25) is 4.79 Å². The molecule has 0 saturated carbocycles. The minimum absolute atomic E-state index is 0.0441. The molecule has 130 valence electrons. The number of benzene rings is 1. The number of rotatable bonds is 4. The minimum Gasteiger partial charge on any atom is -0.452 e. The van der Waals surface area contributed by atoms with Crippen LogP contribution in [0.25, 0.3) is 0 Å². The third kappa shape index (κ3) is 4.14. The third-order valence-electron chi connectivity index (χ3n) is 4.52. The van der Waals surface area contributed by atoms with E-state index in [-0.39, 0.29) is 17.5 Å². The van der Waals surface area contributed by atoms with Gasteiger partial charge in [-0.15, -0.1) is 0 Å². The number of aryl methyl sites for hydroxylation is 2. The Kier molecular flexibility index (Phi) is 4.89. The zero-order valence-corrected chi connectivity index (χ0v) is 14.2. The van der Waals surface area contributed by atoms with Crippen LogP contribution in [0.3, 0.4) is 0 Å². The molecule has 1 amide bonds. The molecule has 1 aromatic rings. The predicted octanol–water partition coefficient (Wildman–Crippen LogP) is 1.03. The highest BCUT2D eigenvalue weighted by molar-refractivity contribution is 7.91. The van der Waals surface area contributed by atoms with Gasteiger partial charge in [0.05, 0.1) is 17.1 Å². The lowest BCUT2D eigenvalue weighted by Crippen LogP contribution is -2.38. The number of hydrogen-bond donors (Lipinski definition) is 1. The number of fused-ring (bicyclic) bond motifs is 1. The van der Waals surface area contributed by atoms with E-state index in [4.69, 9.17) is 4.74 Å². The molecule has 3 rings (SSSR count). The first-order valence-electron chi connectivity index (χ1n) is 8.22. The molecule has 6 nitrogen and oxygen atoms in total. The molecule has 1 atom stereocenters. The van der Waals surface area contributed by atoms with Crippen molar-refractivity contribution in [3.05, 3.63) is 34.9 Å². The molecule has 1 heterocycles. The highest BCUT2D eigenvalue weighted by Gasteiger charge is 2.29. The standard InChI is InChI=1S/C17H21NO5S/c19-16(18-15-7-8-24(21,22)11-15)10-23-17(20)14-6-5-12-3-1-2-4-13(12)9-14/h5-6,9,15H,1-4,7-8,10-11H2,(H,18,19)/t15-/m0/s1. The summed E-state index contributed by atoms with van der Waals surface area (Å²) in [6, 6.07) is 5.14. The quantitative estimate of drug-likeness (QED) is 0.818. The fourth-order valence-corrected chi connectivity index (χ4v) is 4.93. The van der Waals surface area contributed by atoms with Gasteiger partial charge in [-0.25, -0.2) is 13.2 Å². The van der Waals surface area contributed by atoms with Crippen molar-refractivity contribution in [2.45, 2.75) is 38.1 Å². The van der Waals surface area contributed by atoms with E-state index in [1.165, 1.54) is 17.5 Å². The second-order valence-electron chi connectivity index (χ2n) is 6.43. The zero-order chi connectivity index (χ0) is 17.2. The Morgan fingerprint density at radius 2 is 1.92 bits per heavy atom. The number of ether oxygens (including phenoxy) is 1. The van der Waals surface area contributed by atoms with E-state index < -0.39 is 28.3 Å². The Morgan fingerprint density at radius 1 is 1.17 bits per heavy atom. The molecular weight excluding hydrogens is 330 g/mol. The molecule has 2 aliphatic rings. The summed E-state index contributed by atoms with van der Waals surface area (Å²) < 4.78 is 27.8. The van der Waals surface area contributed by atoms with Crippen LogP contribution in [0.1, 0.15) is 40.7 Å². The number of hydrogen-bond acceptors (Lipinski definition) is 5. The summed E-state index contributed by atoms with van der Waals surface area (Å²) in [5.41, 5.74) is 2.90. The molecule has 0 bridgehead atoms. The van der Waals surface area contributed by atoms with Gasteiger partial charge in [0.1, 0.15) is 0 Å². The zero-order valence-electron chi connectivity index (χ0n) is 13.4. The van der Waals surface area contributed by atoms with Crippen LogP contribution in [0.4, 0.5) is 0 Å². The molecule has 24 heavy (non-hydrogen) atoms. The van der Waals surface area contributed by atoms with Gasteiger partial charge in [-0.2, -0.15) is 0 Å². The molecule has 1 aliphatic carbocycles. The second-order valence-corrected chi connectivity index (χ2v) is 8.66. The van der Waals surface area contributed by atoms with Gasteiger partial charge in [0.15, 0.2) is 16.4 Å². The number of carbonyl (C=O) groups excluding carboxylic acids is 2. The lowest BCUT2D eigenvalue weighted by atomic mass is 9.90. The van der Waals surface area contributed by atoms with Crippen molar-refractivity contribution in [1.82, 2.24) is 5.32 Å². The lowest BCUT2D eigenvalue weighted by Gasteiger charge is -2.16. The van der Waals surface area contributed by atoms with Gasteiger partial charge >= 0.3 is 5.97 Å². The number of nitrogens with one attached hydrogen (secondary N) is 1. The maximum atomic E-state index is 12.1. The highest BCUT2D eigenvalue weighted by atomic mass is 32.2. The van der Waals surface area contributed by atoms with Gasteiger partial charge in [-0.1, -0.05) is 6.07 Å². The van der Waals surface area contributed by atoms with E-state index in [0.717, 1.165) is 19.3 Å². The Morgan fingerprint density at radius 3 is 2.62 bits per heavy atom. The van der Waals surface area contributed by atoms with Crippen LogP contribution in [-0.4, -0.2) is 44.4 Å². The maximum Gasteiger partial charge on any atom is 0.338 e. The van der Waals surface area contributed by atoms with E-state index >= 15 is 0 Å². The molecule has 0 aromatic heterocycles. The van der Waals surface area contributed by atoms with E-state index in [1.807, 2.05) is 12.1 Å². The van der Waals surface area contributed by atoms with Crippen molar-refractivity contribution in [2.24, 2.45) is 0 Å². The third-order valence-corrected chi connectivity index (χ3v) is 6.28. The number of sulfone groups is 1. The van der Waals surface area contributed by atoms with Gasteiger partial charge in [-0.05, 0) is 55.4 Å². The van der Waals surface area contributed by atoms with Crippen molar-refractivity contribution in [3.8, 4) is 0 Å². The molecule has 0 unspecified atom stereocenters.